The number of nitrogens with one attached hydrogen (secondary N) is 1. The van der Waals surface area contributed by atoms with E-state index in [4.69, 9.17) is 9.47 Å². The molecule has 152 valence electrons. The molecular weight excluding hydrogens is 462 g/mol. The van der Waals surface area contributed by atoms with E-state index in [0.717, 1.165) is 9.47 Å². The van der Waals surface area contributed by atoms with Crippen LogP contribution in [0.4, 0.5) is 16.2 Å². The average Bonchev–Trinajstić information content (AvgIpc) is 3.32. The van der Waals surface area contributed by atoms with Gasteiger partial charge in [-0.3, -0.25) is 14.5 Å². The summed E-state index contributed by atoms with van der Waals surface area (Å²) in [4.78, 5) is 40.1. The van der Waals surface area contributed by atoms with Gasteiger partial charge in [0, 0.05) is 17.9 Å². The zero-order chi connectivity index (χ0) is 20.4. The minimum Gasteiger partial charge on any atom is -0.442 e. The summed E-state index contributed by atoms with van der Waals surface area (Å²) in [6.45, 7) is 1.66. The van der Waals surface area contributed by atoms with Crippen LogP contribution in [0.2, 0.25) is 0 Å². The molecule has 2 aliphatic heterocycles. The zero-order valence-electron chi connectivity index (χ0n) is 15.3. The highest BCUT2D eigenvalue weighted by Gasteiger charge is 2.33. The number of thiophene rings is 1. The van der Waals surface area contributed by atoms with Crippen LogP contribution in [0.5, 0.6) is 0 Å². The van der Waals surface area contributed by atoms with E-state index in [9.17, 15) is 14.4 Å². The fourth-order valence-corrected chi connectivity index (χ4v) is 4.47. The van der Waals surface area contributed by atoms with Crippen molar-refractivity contribution in [2.24, 2.45) is 0 Å². The Balaban J connectivity index is 1.35. The third kappa shape index (κ3) is 4.44. The van der Waals surface area contributed by atoms with Crippen molar-refractivity contribution in [1.29, 1.82) is 0 Å². The molecule has 0 aliphatic carbocycles. The normalized spacial score (nSPS) is 19.4. The Kier molecular flexibility index (Phi) is 5.84. The number of ether oxygens (including phenoxy) is 2. The van der Waals surface area contributed by atoms with Crippen LogP contribution >= 0.6 is 27.3 Å². The van der Waals surface area contributed by atoms with Gasteiger partial charge < -0.3 is 19.7 Å². The predicted molar refractivity (Wildman–Crippen MR) is 112 cm³/mol. The minimum absolute atomic E-state index is 0.0794. The van der Waals surface area contributed by atoms with E-state index in [2.05, 4.69) is 21.2 Å². The van der Waals surface area contributed by atoms with E-state index in [1.54, 1.807) is 35.2 Å². The lowest BCUT2D eigenvalue weighted by Gasteiger charge is -2.27. The molecule has 4 rings (SSSR count). The molecule has 1 aromatic carbocycles. The van der Waals surface area contributed by atoms with Gasteiger partial charge in [0.25, 0.3) is 11.8 Å². The first-order chi connectivity index (χ1) is 14.0. The molecule has 2 saturated heterocycles. The number of morpholine rings is 1. The van der Waals surface area contributed by atoms with E-state index in [0.29, 0.717) is 30.3 Å². The topological polar surface area (TPSA) is 88.2 Å². The predicted octanol–water partition coefficient (Wildman–Crippen LogP) is 2.63. The summed E-state index contributed by atoms with van der Waals surface area (Å²) < 4.78 is 11.4. The maximum atomic E-state index is 12.2. The van der Waals surface area contributed by atoms with Crippen LogP contribution in [-0.2, 0) is 14.3 Å². The lowest BCUT2D eigenvalue weighted by Crippen LogP contribution is -2.41. The summed E-state index contributed by atoms with van der Waals surface area (Å²) in [7, 11) is 0. The molecule has 3 amide bonds. The maximum Gasteiger partial charge on any atom is 0.414 e. The minimum atomic E-state index is -0.460. The smallest absolute Gasteiger partial charge is 0.414 e. The van der Waals surface area contributed by atoms with Crippen molar-refractivity contribution in [3.63, 3.8) is 0 Å². The van der Waals surface area contributed by atoms with Gasteiger partial charge in [0.1, 0.15) is 12.7 Å². The van der Waals surface area contributed by atoms with Crippen LogP contribution in [0.3, 0.4) is 0 Å². The highest BCUT2D eigenvalue weighted by Crippen LogP contribution is 2.26. The zero-order valence-corrected chi connectivity index (χ0v) is 17.7. The molecule has 0 unspecified atom stereocenters. The highest BCUT2D eigenvalue weighted by molar-refractivity contribution is 9.11. The van der Waals surface area contributed by atoms with Gasteiger partial charge in [0.2, 0.25) is 0 Å². The quantitative estimate of drug-likeness (QED) is 0.711. The molecule has 0 spiro atoms. The lowest BCUT2D eigenvalue weighted by atomic mass is 10.2. The first kappa shape index (κ1) is 19.9. The number of carbonyl (C=O) groups is 3. The molecule has 10 heteroatoms. The number of hydrogen-bond donors (Lipinski definition) is 1. The van der Waals surface area contributed by atoms with Gasteiger partial charge in [0.05, 0.1) is 28.4 Å². The van der Waals surface area contributed by atoms with E-state index in [1.807, 2.05) is 6.07 Å². The van der Waals surface area contributed by atoms with Gasteiger partial charge >= 0.3 is 6.09 Å². The molecule has 8 nitrogen and oxygen atoms in total. The van der Waals surface area contributed by atoms with Gasteiger partial charge in [-0.25, -0.2) is 4.79 Å². The second-order valence-electron chi connectivity index (χ2n) is 6.54. The first-order valence-corrected chi connectivity index (χ1v) is 10.6. The number of halogens is 1. The molecule has 0 saturated carbocycles. The Hall–Kier alpha value is -2.43. The number of cyclic esters (lactones) is 1. The van der Waals surface area contributed by atoms with Crippen molar-refractivity contribution in [1.82, 2.24) is 5.32 Å². The maximum absolute atomic E-state index is 12.2. The van der Waals surface area contributed by atoms with E-state index < -0.39 is 12.2 Å². The summed E-state index contributed by atoms with van der Waals surface area (Å²) in [6, 6.07) is 10.7. The summed E-state index contributed by atoms with van der Waals surface area (Å²) in [5, 5.41) is 2.79. The molecule has 2 fully saturated rings. The van der Waals surface area contributed by atoms with Gasteiger partial charge in [-0.1, -0.05) is 0 Å². The van der Waals surface area contributed by atoms with E-state index in [-0.39, 0.29) is 25.0 Å². The van der Waals surface area contributed by atoms with Crippen molar-refractivity contribution in [2.45, 2.75) is 6.10 Å². The molecule has 3 heterocycles. The largest absolute Gasteiger partial charge is 0.442 e. The van der Waals surface area contributed by atoms with Crippen LogP contribution in [0, 0.1) is 0 Å². The Morgan fingerprint density at radius 3 is 2.52 bits per heavy atom. The van der Waals surface area contributed by atoms with Crippen LogP contribution in [0.15, 0.2) is 40.2 Å². The third-order valence-electron chi connectivity index (χ3n) is 4.62. The van der Waals surface area contributed by atoms with E-state index >= 15 is 0 Å². The molecule has 1 aromatic heterocycles. The number of benzene rings is 1. The van der Waals surface area contributed by atoms with Crippen molar-refractivity contribution < 1.29 is 23.9 Å². The van der Waals surface area contributed by atoms with Crippen molar-refractivity contribution in [2.75, 3.05) is 42.6 Å². The summed E-state index contributed by atoms with van der Waals surface area (Å²) >= 11 is 4.67. The van der Waals surface area contributed by atoms with Crippen LogP contribution in [0.1, 0.15) is 9.67 Å². The molecule has 1 atom stereocenters. The van der Waals surface area contributed by atoms with Crippen molar-refractivity contribution in [3.05, 3.63) is 45.1 Å². The first-order valence-electron chi connectivity index (χ1n) is 9.01. The van der Waals surface area contributed by atoms with Crippen LogP contribution in [0.25, 0.3) is 0 Å². The second-order valence-corrected chi connectivity index (χ2v) is 9.01. The molecule has 0 bridgehead atoms. The number of anilines is 2. The Morgan fingerprint density at radius 2 is 1.86 bits per heavy atom. The Morgan fingerprint density at radius 1 is 1.14 bits per heavy atom. The third-order valence-corrected chi connectivity index (χ3v) is 6.24. The fraction of sp³-hybridized carbons (Fsp3) is 0.316. The van der Waals surface area contributed by atoms with E-state index in [1.165, 1.54) is 16.2 Å². The van der Waals surface area contributed by atoms with Crippen molar-refractivity contribution >= 4 is 56.5 Å². The fourth-order valence-electron chi connectivity index (χ4n) is 3.17. The number of carbonyl (C=O) groups excluding carboxylic acids is 3. The monoisotopic (exact) mass is 479 g/mol. The molecular formula is C19H18BrN3O5S. The molecule has 29 heavy (non-hydrogen) atoms. The van der Waals surface area contributed by atoms with Gasteiger partial charge in [-0.05, 0) is 52.3 Å². The number of rotatable bonds is 5. The summed E-state index contributed by atoms with van der Waals surface area (Å²) in [6.07, 6.45) is -0.895. The summed E-state index contributed by atoms with van der Waals surface area (Å²) in [5.74, 6) is -0.284. The molecule has 2 aliphatic rings. The standard InChI is InChI=1S/C19H18BrN3O5S/c20-16-6-5-15(29-16)18(25)21-9-14-10-23(19(26)28-14)13-3-1-12(2-4-13)22-7-8-27-11-17(22)24/h1-6,14H,7-11H2,(H,21,25)/t14-/m1/s1. The summed E-state index contributed by atoms with van der Waals surface area (Å²) in [5.41, 5.74) is 1.44. The molecule has 1 N–H and O–H groups in total. The SMILES string of the molecule is O=C(NC[C@@H]1CN(c2ccc(N3CCOCC3=O)cc2)C(=O)O1)c1ccc(Br)s1. The van der Waals surface area contributed by atoms with Gasteiger partial charge in [-0.15, -0.1) is 11.3 Å². The number of nitrogens with zero attached hydrogens (tertiary/aromatic N) is 2. The Bertz CT molecular complexity index is 932. The van der Waals surface area contributed by atoms with Gasteiger partial charge in [-0.2, -0.15) is 0 Å². The second kappa shape index (κ2) is 8.52. The van der Waals surface area contributed by atoms with Crippen LogP contribution in [-0.4, -0.2) is 56.9 Å². The van der Waals surface area contributed by atoms with Crippen LogP contribution < -0.4 is 15.1 Å². The van der Waals surface area contributed by atoms with Crippen molar-refractivity contribution in [3.8, 4) is 0 Å². The molecule has 0 radical (unpaired) electrons. The number of amides is 3. The Labute approximate surface area is 179 Å². The molecule has 2 aromatic rings. The van der Waals surface area contributed by atoms with Gasteiger partial charge in [0.15, 0.2) is 0 Å². The average molecular weight is 480 g/mol. The lowest BCUT2D eigenvalue weighted by molar-refractivity contribution is -0.125. The highest BCUT2D eigenvalue weighted by atomic mass is 79.9. The number of hydrogen-bond acceptors (Lipinski definition) is 6.